The smallest absolute Gasteiger partial charge is 0.264 e. The van der Waals surface area contributed by atoms with Gasteiger partial charge in [-0.3, -0.25) is 4.79 Å². The lowest BCUT2D eigenvalue weighted by atomic mass is 9.99. The molecule has 0 saturated heterocycles. The molecule has 2 aromatic heterocycles. The van der Waals surface area contributed by atoms with Gasteiger partial charge in [0.25, 0.3) is 5.91 Å². The van der Waals surface area contributed by atoms with Gasteiger partial charge < -0.3 is 9.47 Å². The van der Waals surface area contributed by atoms with E-state index in [4.69, 9.17) is 0 Å². The van der Waals surface area contributed by atoms with Crippen molar-refractivity contribution in [2.24, 2.45) is 0 Å². The van der Waals surface area contributed by atoms with Gasteiger partial charge in [-0.1, -0.05) is 6.92 Å². The van der Waals surface area contributed by atoms with Crippen LogP contribution in [0.5, 0.6) is 0 Å². The Bertz CT molecular complexity index is 694. The molecule has 0 unspecified atom stereocenters. The second-order valence-corrected chi connectivity index (χ2v) is 7.17. The van der Waals surface area contributed by atoms with E-state index in [2.05, 4.69) is 27.8 Å². The van der Waals surface area contributed by atoms with Crippen molar-refractivity contribution in [3.8, 4) is 0 Å². The molecular weight excluding hydrogens is 296 g/mol. The molecule has 1 aliphatic carbocycles. The van der Waals surface area contributed by atoms with Crippen molar-refractivity contribution in [1.82, 2.24) is 19.7 Å². The molecule has 0 bridgehead atoms. The lowest BCUT2D eigenvalue weighted by Crippen LogP contribution is -2.38. The third-order valence-corrected chi connectivity index (χ3v) is 5.87. The summed E-state index contributed by atoms with van der Waals surface area (Å²) in [5, 5.41) is 8.45. The van der Waals surface area contributed by atoms with E-state index in [0.717, 1.165) is 48.9 Å². The van der Waals surface area contributed by atoms with Crippen LogP contribution in [-0.2, 0) is 32.4 Å². The van der Waals surface area contributed by atoms with Crippen molar-refractivity contribution in [2.45, 2.75) is 52.1 Å². The van der Waals surface area contributed by atoms with Gasteiger partial charge in [-0.05, 0) is 37.3 Å². The summed E-state index contributed by atoms with van der Waals surface area (Å²) < 4.78 is 2.16. The van der Waals surface area contributed by atoms with Gasteiger partial charge in [0.1, 0.15) is 5.82 Å². The maximum atomic E-state index is 12.8. The molecule has 0 N–H and O–H groups in total. The van der Waals surface area contributed by atoms with E-state index >= 15 is 0 Å². The number of aryl methyl sites for hydroxylation is 3. The average molecular weight is 316 g/mol. The minimum Gasteiger partial charge on any atom is -0.329 e. The fraction of sp³-hybridized carbons (Fsp3) is 0.562. The van der Waals surface area contributed by atoms with E-state index in [1.54, 1.807) is 11.3 Å². The Kier molecular flexibility index (Phi) is 3.48. The molecule has 0 radical (unpaired) electrons. The molecule has 0 atom stereocenters. The highest BCUT2D eigenvalue weighted by Crippen LogP contribution is 2.31. The summed E-state index contributed by atoms with van der Waals surface area (Å²) in [5.41, 5.74) is 1.40. The first-order valence-electron chi connectivity index (χ1n) is 8.08. The summed E-state index contributed by atoms with van der Waals surface area (Å²) in [7, 11) is 0. The number of rotatable bonds is 2. The van der Waals surface area contributed by atoms with Crippen LogP contribution in [0.4, 0.5) is 0 Å². The van der Waals surface area contributed by atoms with Crippen LogP contribution in [0.25, 0.3) is 0 Å². The summed E-state index contributed by atoms with van der Waals surface area (Å²) in [5.74, 6) is 2.10. The van der Waals surface area contributed by atoms with Gasteiger partial charge >= 0.3 is 0 Å². The van der Waals surface area contributed by atoms with Crippen LogP contribution < -0.4 is 0 Å². The van der Waals surface area contributed by atoms with Gasteiger partial charge in [-0.2, -0.15) is 0 Å². The molecule has 3 heterocycles. The number of amides is 1. The third kappa shape index (κ3) is 2.26. The number of carbonyl (C=O) groups is 1. The van der Waals surface area contributed by atoms with E-state index in [1.165, 1.54) is 23.3 Å². The Morgan fingerprint density at radius 3 is 2.95 bits per heavy atom. The van der Waals surface area contributed by atoms with Crippen LogP contribution in [-0.4, -0.2) is 32.1 Å². The second kappa shape index (κ2) is 5.50. The van der Waals surface area contributed by atoms with Gasteiger partial charge in [-0.25, -0.2) is 0 Å². The normalized spacial score (nSPS) is 17.2. The molecule has 2 aliphatic rings. The fourth-order valence-electron chi connectivity index (χ4n) is 3.40. The number of nitrogens with zero attached hydrogens (tertiary/aromatic N) is 4. The van der Waals surface area contributed by atoms with Crippen molar-refractivity contribution >= 4 is 17.2 Å². The van der Waals surface area contributed by atoms with Gasteiger partial charge in [0, 0.05) is 24.4 Å². The molecule has 0 aromatic carbocycles. The predicted molar refractivity (Wildman–Crippen MR) is 85.1 cm³/mol. The quantitative estimate of drug-likeness (QED) is 0.855. The minimum atomic E-state index is 0.159. The molecule has 6 heteroatoms. The maximum Gasteiger partial charge on any atom is 0.264 e. The van der Waals surface area contributed by atoms with Crippen molar-refractivity contribution in [3.05, 3.63) is 33.0 Å². The third-order valence-electron chi connectivity index (χ3n) is 4.64. The molecule has 22 heavy (non-hydrogen) atoms. The summed E-state index contributed by atoms with van der Waals surface area (Å²) in [6.07, 6.45) is 5.67. The molecule has 4 rings (SSSR count). The topological polar surface area (TPSA) is 51.0 Å². The molecule has 5 nitrogen and oxygen atoms in total. The average Bonchev–Trinajstić information content (AvgIpc) is 3.17. The van der Waals surface area contributed by atoms with E-state index in [-0.39, 0.29) is 5.91 Å². The number of fused-ring (bicyclic) bond motifs is 2. The predicted octanol–water partition coefficient (Wildman–Crippen LogP) is 2.44. The van der Waals surface area contributed by atoms with Crippen molar-refractivity contribution < 1.29 is 4.79 Å². The van der Waals surface area contributed by atoms with Crippen molar-refractivity contribution in [3.63, 3.8) is 0 Å². The minimum absolute atomic E-state index is 0.159. The second-order valence-electron chi connectivity index (χ2n) is 6.03. The zero-order valence-corrected chi connectivity index (χ0v) is 13.7. The molecular formula is C16H20N4OS. The summed E-state index contributed by atoms with van der Waals surface area (Å²) >= 11 is 1.69. The molecule has 0 spiro atoms. The van der Waals surface area contributed by atoms with Crippen molar-refractivity contribution in [1.29, 1.82) is 0 Å². The van der Waals surface area contributed by atoms with E-state index in [0.29, 0.717) is 6.54 Å². The Morgan fingerprint density at radius 2 is 2.14 bits per heavy atom. The lowest BCUT2D eigenvalue weighted by molar-refractivity contribution is 0.0711. The number of hydrogen-bond acceptors (Lipinski definition) is 4. The zero-order valence-electron chi connectivity index (χ0n) is 12.8. The van der Waals surface area contributed by atoms with Crippen molar-refractivity contribution in [2.75, 3.05) is 6.54 Å². The Balaban J connectivity index is 1.55. The van der Waals surface area contributed by atoms with E-state index < -0.39 is 0 Å². The Hall–Kier alpha value is -1.69. The highest BCUT2D eigenvalue weighted by Gasteiger charge is 2.26. The molecule has 116 valence electrons. The zero-order chi connectivity index (χ0) is 15.1. The molecule has 1 amide bonds. The van der Waals surface area contributed by atoms with Gasteiger partial charge in [0.2, 0.25) is 0 Å². The largest absolute Gasteiger partial charge is 0.329 e. The Morgan fingerprint density at radius 1 is 1.27 bits per heavy atom. The fourth-order valence-corrected chi connectivity index (χ4v) is 4.63. The number of thiophene rings is 1. The summed E-state index contributed by atoms with van der Waals surface area (Å²) in [6.45, 7) is 4.22. The molecule has 0 saturated carbocycles. The molecule has 2 aromatic rings. The van der Waals surface area contributed by atoms with Crippen LogP contribution in [0.1, 0.15) is 51.5 Å². The first-order chi connectivity index (χ1) is 10.8. The molecule has 0 fully saturated rings. The van der Waals surface area contributed by atoms with Crippen LogP contribution in [0.15, 0.2) is 6.07 Å². The standard InChI is InChI=1S/C16H20N4OS/c1-2-14-17-18-15-10-19(7-8-20(14)15)16(21)13-9-11-5-3-4-6-12(11)22-13/h9H,2-8,10H2,1H3. The SMILES string of the molecule is CCc1nnc2n1CCN(C(=O)c1cc3c(s1)CCCC3)C2. The highest BCUT2D eigenvalue weighted by molar-refractivity contribution is 7.14. The first-order valence-corrected chi connectivity index (χ1v) is 8.89. The summed E-state index contributed by atoms with van der Waals surface area (Å²) in [4.78, 5) is 17.0. The van der Waals surface area contributed by atoms with E-state index in [9.17, 15) is 4.79 Å². The van der Waals surface area contributed by atoms with Crippen LogP contribution >= 0.6 is 11.3 Å². The van der Waals surface area contributed by atoms with E-state index in [1.807, 2.05) is 4.90 Å². The van der Waals surface area contributed by atoms with Gasteiger partial charge in [0.05, 0.1) is 11.4 Å². The number of carbonyl (C=O) groups excluding carboxylic acids is 1. The lowest BCUT2D eigenvalue weighted by Gasteiger charge is -2.27. The highest BCUT2D eigenvalue weighted by atomic mass is 32.1. The van der Waals surface area contributed by atoms with Gasteiger partial charge in [-0.15, -0.1) is 21.5 Å². The van der Waals surface area contributed by atoms with Crippen LogP contribution in [0, 0.1) is 0 Å². The summed E-state index contributed by atoms with van der Waals surface area (Å²) in [6, 6.07) is 2.12. The molecule has 1 aliphatic heterocycles. The van der Waals surface area contributed by atoms with Crippen LogP contribution in [0.2, 0.25) is 0 Å². The monoisotopic (exact) mass is 316 g/mol. The number of hydrogen-bond donors (Lipinski definition) is 0. The van der Waals surface area contributed by atoms with Crippen LogP contribution in [0.3, 0.4) is 0 Å². The maximum absolute atomic E-state index is 12.8. The van der Waals surface area contributed by atoms with Gasteiger partial charge in [0.15, 0.2) is 5.82 Å². The number of aromatic nitrogens is 3. The first kappa shape index (κ1) is 13.9. The Labute approximate surface area is 134 Å².